The molecule has 2 aromatic heterocycles. The molecule has 1 aliphatic carbocycles. The molecule has 1 unspecified atom stereocenters. The average molecular weight is 568 g/mol. The highest BCUT2D eigenvalue weighted by Crippen LogP contribution is 2.44. The lowest BCUT2D eigenvalue weighted by Crippen LogP contribution is -2.39. The van der Waals surface area contributed by atoms with Crippen LogP contribution in [-0.4, -0.2) is 55.5 Å². The van der Waals surface area contributed by atoms with E-state index in [2.05, 4.69) is 19.1 Å². The molecule has 1 N–H and O–H groups in total. The summed E-state index contributed by atoms with van der Waals surface area (Å²) in [5.41, 5.74) is 6.14. The number of aryl methyl sites for hydroxylation is 1. The Morgan fingerprint density at radius 1 is 0.976 bits per heavy atom. The number of carboxylic acid groups (broad SMARTS) is 1. The van der Waals surface area contributed by atoms with Gasteiger partial charge in [-0.05, 0) is 86.4 Å². The van der Waals surface area contributed by atoms with Crippen LogP contribution in [0.5, 0.6) is 0 Å². The molecule has 1 amide bonds. The Morgan fingerprint density at radius 2 is 1.76 bits per heavy atom. The standard InChI is InChI=1S/C33H34FN5O3/c1-18-23-7-5-4-6-20(23)12-14-39(18)32(40)28-17-26(21-8-9-21)29-31(35-28)37(3)30(36-29)25-11-10-22(16-27(25)34)38-15-13-24(19(38)2)33(41)42/h4-7,10-11,16-19,21,24H,8-9,12-15H2,1-3H3,(H,41,42)/t18-,19?,24+/m1/s1. The van der Waals surface area contributed by atoms with Crippen molar-refractivity contribution in [3.63, 3.8) is 0 Å². The Hall–Kier alpha value is -4.27. The van der Waals surface area contributed by atoms with Gasteiger partial charge in [-0.1, -0.05) is 24.3 Å². The van der Waals surface area contributed by atoms with Crippen molar-refractivity contribution < 1.29 is 19.1 Å². The van der Waals surface area contributed by atoms with Gasteiger partial charge in [0.2, 0.25) is 0 Å². The largest absolute Gasteiger partial charge is 0.481 e. The number of rotatable bonds is 5. The van der Waals surface area contributed by atoms with Crippen LogP contribution in [0.4, 0.5) is 10.1 Å². The molecule has 9 heteroatoms. The summed E-state index contributed by atoms with van der Waals surface area (Å²) in [5, 5.41) is 9.50. The van der Waals surface area contributed by atoms with E-state index >= 15 is 4.39 Å². The summed E-state index contributed by atoms with van der Waals surface area (Å²) in [6.07, 6.45) is 3.40. The predicted molar refractivity (Wildman–Crippen MR) is 158 cm³/mol. The number of hydrogen-bond donors (Lipinski definition) is 1. The average Bonchev–Trinajstić information content (AvgIpc) is 3.68. The Kier molecular flexibility index (Phi) is 6.29. The van der Waals surface area contributed by atoms with Crippen molar-refractivity contribution in [2.24, 2.45) is 13.0 Å². The van der Waals surface area contributed by atoms with Gasteiger partial charge in [-0.2, -0.15) is 0 Å². The minimum Gasteiger partial charge on any atom is -0.481 e. The first kappa shape index (κ1) is 26.6. The van der Waals surface area contributed by atoms with Gasteiger partial charge in [-0.15, -0.1) is 0 Å². The predicted octanol–water partition coefficient (Wildman–Crippen LogP) is 5.71. The zero-order valence-corrected chi connectivity index (χ0v) is 24.0. The second kappa shape index (κ2) is 9.93. The van der Waals surface area contributed by atoms with Crippen LogP contribution in [0, 0.1) is 11.7 Å². The fourth-order valence-electron chi connectivity index (χ4n) is 6.92. The number of fused-ring (bicyclic) bond motifs is 2. The number of benzene rings is 2. The van der Waals surface area contributed by atoms with Crippen molar-refractivity contribution in [1.82, 2.24) is 19.4 Å². The van der Waals surface area contributed by atoms with Crippen molar-refractivity contribution in [2.75, 3.05) is 18.0 Å². The molecule has 216 valence electrons. The molecule has 42 heavy (non-hydrogen) atoms. The number of aliphatic carboxylic acids is 1. The topological polar surface area (TPSA) is 91.6 Å². The number of halogens is 1. The fourth-order valence-corrected chi connectivity index (χ4v) is 6.92. The molecular weight excluding hydrogens is 533 g/mol. The maximum absolute atomic E-state index is 15.7. The van der Waals surface area contributed by atoms with Crippen molar-refractivity contribution >= 4 is 28.7 Å². The van der Waals surface area contributed by atoms with Crippen LogP contribution in [0.25, 0.3) is 22.6 Å². The summed E-state index contributed by atoms with van der Waals surface area (Å²) >= 11 is 0. The van der Waals surface area contributed by atoms with E-state index < -0.39 is 17.7 Å². The van der Waals surface area contributed by atoms with E-state index in [0.717, 1.165) is 24.8 Å². The number of carboxylic acids is 1. The molecule has 2 aromatic carbocycles. The highest BCUT2D eigenvalue weighted by molar-refractivity contribution is 5.96. The molecule has 1 saturated carbocycles. The van der Waals surface area contributed by atoms with E-state index in [9.17, 15) is 14.7 Å². The number of carbonyl (C=O) groups is 2. The van der Waals surface area contributed by atoms with E-state index in [0.29, 0.717) is 59.4 Å². The minimum atomic E-state index is -0.821. The molecular formula is C33H34FN5O3. The minimum absolute atomic E-state index is 0.0527. The lowest BCUT2D eigenvalue weighted by molar-refractivity contribution is -0.141. The molecule has 4 aromatic rings. The van der Waals surface area contributed by atoms with E-state index in [-0.39, 0.29) is 18.0 Å². The number of hydrogen-bond acceptors (Lipinski definition) is 5. The Morgan fingerprint density at radius 3 is 2.48 bits per heavy atom. The van der Waals surface area contributed by atoms with Crippen LogP contribution in [0.1, 0.15) is 72.2 Å². The molecule has 2 fully saturated rings. The summed E-state index contributed by atoms with van der Waals surface area (Å²) in [4.78, 5) is 39.0. The Bertz CT molecular complexity index is 1750. The van der Waals surface area contributed by atoms with Gasteiger partial charge in [-0.25, -0.2) is 14.4 Å². The molecule has 0 spiro atoms. The van der Waals surface area contributed by atoms with Gasteiger partial charge < -0.3 is 19.5 Å². The number of carbonyl (C=O) groups excluding carboxylic acids is 1. The lowest BCUT2D eigenvalue weighted by atomic mass is 9.93. The molecule has 3 aliphatic rings. The van der Waals surface area contributed by atoms with Gasteiger partial charge in [0.05, 0.1) is 17.5 Å². The van der Waals surface area contributed by atoms with Gasteiger partial charge in [0.1, 0.15) is 22.9 Å². The van der Waals surface area contributed by atoms with Crippen molar-refractivity contribution in [2.45, 2.75) is 57.5 Å². The van der Waals surface area contributed by atoms with Crippen molar-refractivity contribution in [3.8, 4) is 11.4 Å². The molecule has 7 rings (SSSR count). The van der Waals surface area contributed by atoms with Gasteiger partial charge in [0.25, 0.3) is 5.91 Å². The summed E-state index contributed by atoms with van der Waals surface area (Å²) in [6.45, 7) is 5.13. The van der Waals surface area contributed by atoms with Crippen molar-refractivity contribution in [3.05, 3.63) is 76.7 Å². The molecule has 2 aliphatic heterocycles. The Balaban J connectivity index is 1.24. The number of anilines is 1. The number of pyridine rings is 1. The normalized spacial score (nSPS) is 22.0. The number of aromatic nitrogens is 3. The van der Waals surface area contributed by atoms with Gasteiger partial charge >= 0.3 is 5.97 Å². The molecule has 1 saturated heterocycles. The molecule has 4 heterocycles. The van der Waals surface area contributed by atoms with Crippen LogP contribution < -0.4 is 4.90 Å². The number of nitrogens with zero attached hydrogens (tertiary/aromatic N) is 5. The van der Waals surface area contributed by atoms with E-state index in [1.165, 1.54) is 17.2 Å². The zero-order chi connectivity index (χ0) is 29.3. The fraction of sp³-hybridized carbons (Fsp3) is 0.394. The summed E-state index contributed by atoms with van der Waals surface area (Å²) < 4.78 is 17.5. The first-order valence-electron chi connectivity index (χ1n) is 14.8. The second-order valence-corrected chi connectivity index (χ2v) is 12.0. The van der Waals surface area contributed by atoms with Gasteiger partial charge in [0.15, 0.2) is 5.65 Å². The smallest absolute Gasteiger partial charge is 0.308 e. The first-order valence-corrected chi connectivity index (χ1v) is 14.8. The van der Waals surface area contributed by atoms with E-state index in [1.54, 1.807) is 10.6 Å². The van der Waals surface area contributed by atoms with Crippen LogP contribution in [0.3, 0.4) is 0 Å². The summed E-state index contributed by atoms with van der Waals surface area (Å²) in [6, 6.07) is 14.9. The maximum Gasteiger partial charge on any atom is 0.308 e. The van der Waals surface area contributed by atoms with Crippen LogP contribution in [0.2, 0.25) is 0 Å². The maximum atomic E-state index is 15.7. The van der Waals surface area contributed by atoms with Crippen LogP contribution in [0.15, 0.2) is 48.5 Å². The molecule has 8 nitrogen and oxygen atoms in total. The number of amides is 1. The summed E-state index contributed by atoms with van der Waals surface area (Å²) in [5.74, 6) is -1.06. The zero-order valence-electron chi connectivity index (χ0n) is 24.0. The lowest BCUT2D eigenvalue weighted by Gasteiger charge is -2.35. The number of imidazole rings is 1. The molecule has 3 atom stereocenters. The quantitative estimate of drug-likeness (QED) is 0.332. The third-order valence-electron chi connectivity index (χ3n) is 9.55. The monoisotopic (exact) mass is 567 g/mol. The second-order valence-electron chi connectivity index (χ2n) is 12.0. The Labute approximate surface area is 243 Å². The van der Waals surface area contributed by atoms with Gasteiger partial charge in [-0.3, -0.25) is 9.59 Å². The third-order valence-corrected chi connectivity index (χ3v) is 9.55. The molecule has 0 radical (unpaired) electrons. The third kappa shape index (κ3) is 4.25. The van der Waals surface area contributed by atoms with E-state index in [1.807, 2.05) is 48.0 Å². The van der Waals surface area contributed by atoms with E-state index in [4.69, 9.17) is 9.97 Å². The molecule has 0 bridgehead atoms. The highest BCUT2D eigenvalue weighted by Gasteiger charge is 2.36. The van der Waals surface area contributed by atoms with Crippen LogP contribution in [-0.2, 0) is 18.3 Å². The SMILES string of the molecule is CC1[C@@H](C(=O)O)CCN1c1ccc(-c2nc3c(C4CC4)cc(C(=O)N4CCc5ccccc5[C@H]4C)nc3n2C)c(F)c1. The summed E-state index contributed by atoms with van der Waals surface area (Å²) in [7, 11) is 1.82. The van der Waals surface area contributed by atoms with Crippen LogP contribution >= 0.6 is 0 Å². The van der Waals surface area contributed by atoms with Crippen molar-refractivity contribution in [1.29, 1.82) is 0 Å². The van der Waals surface area contributed by atoms with Gasteiger partial charge in [0, 0.05) is 31.9 Å². The first-order chi connectivity index (χ1) is 20.2. The highest BCUT2D eigenvalue weighted by atomic mass is 19.1.